The van der Waals surface area contributed by atoms with Gasteiger partial charge in [0.2, 0.25) is 0 Å². The van der Waals surface area contributed by atoms with Gasteiger partial charge in [-0.3, -0.25) is 4.79 Å². The standard InChI is InChI=1S/C13H16N2O2/c1-10-5-4-6-11(9-14)13(10)15-8-3-2-7-12(16)17/h4-6,15H,2-3,7-8H2,1H3,(H,16,17). The number of hydrogen-bond donors (Lipinski definition) is 2. The molecule has 0 atom stereocenters. The van der Waals surface area contributed by atoms with Gasteiger partial charge in [-0.15, -0.1) is 0 Å². The molecule has 0 aliphatic carbocycles. The van der Waals surface area contributed by atoms with Crippen LogP contribution in [0.25, 0.3) is 0 Å². The normalized spacial score (nSPS) is 9.65. The van der Waals surface area contributed by atoms with Gasteiger partial charge in [0, 0.05) is 13.0 Å². The van der Waals surface area contributed by atoms with Gasteiger partial charge in [0.1, 0.15) is 6.07 Å². The first-order valence-corrected chi connectivity index (χ1v) is 5.60. The maximum Gasteiger partial charge on any atom is 0.303 e. The summed E-state index contributed by atoms with van der Waals surface area (Å²) in [5.74, 6) is -0.765. The molecule has 0 aromatic heterocycles. The molecule has 0 fully saturated rings. The summed E-state index contributed by atoms with van der Waals surface area (Å²) in [6.07, 6.45) is 1.63. The molecule has 17 heavy (non-hydrogen) atoms. The molecule has 0 saturated heterocycles. The SMILES string of the molecule is Cc1cccc(C#N)c1NCCCCC(=O)O. The second kappa shape index (κ2) is 6.54. The Morgan fingerprint density at radius 2 is 2.24 bits per heavy atom. The van der Waals surface area contributed by atoms with Crippen molar-refractivity contribution in [2.75, 3.05) is 11.9 Å². The molecule has 0 amide bonds. The minimum Gasteiger partial charge on any atom is -0.481 e. The van der Waals surface area contributed by atoms with Crippen LogP contribution in [0.15, 0.2) is 18.2 Å². The summed E-state index contributed by atoms with van der Waals surface area (Å²) < 4.78 is 0. The molecule has 4 heteroatoms. The highest BCUT2D eigenvalue weighted by Crippen LogP contribution is 2.19. The van der Waals surface area contributed by atoms with Crippen molar-refractivity contribution in [1.82, 2.24) is 0 Å². The van der Waals surface area contributed by atoms with E-state index in [4.69, 9.17) is 10.4 Å². The Morgan fingerprint density at radius 3 is 2.88 bits per heavy atom. The number of hydrogen-bond acceptors (Lipinski definition) is 3. The number of aliphatic carboxylic acids is 1. The average Bonchev–Trinajstić information content (AvgIpc) is 2.30. The van der Waals surface area contributed by atoms with E-state index < -0.39 is 5.97 Å². The lowest BCUT2D eigenvalue weighted by Gasteiger charge is -2.10. The Morgan fingerprint density at radius 1 is 1.47 bits per heavy atom. The molecule has 0 saturated carbocycles. The largest absolute Gasteiger partial charge is 0.481 e. The van der Waals surface area contributed by atoms with Crippen LogP contribution in [0.1, 0.15) is 30.4 Å². The van der Waals surface area contributed by atoms with Crippen molar-refractivity contribution in [3.63, 3.8) is 0 Å². The van der Waals surface area contributed by atoms with Gasteiger partial charge in [0.25, 0.3) is 0 Å². The molecule has 2 N–H and O–H groups in total. The van der Waals surface area contributed by atoms with Crippen molar-refractivity contribution in [3.8, 4) is 6.07 Å². The molecule has 1 aromatic rings. The summed E-state index contributed by atoms with van der Waals surface area (Å²) in [5, 5.41) is 20.6. The lowest BCUT2D eigenvalue weighted by Crippen LogP contribution is -2.06. The number of nitrogens with zero attached hydrogens (tertiary/aromatic N) is 1. The van der Waals surface area contributed by atoms with Crippen molar-refractivity contribution in [3.05, 3.63) is 29.3 Å². The summed E-state index contributed by atoms with van der Waals surface area (Å²) in [7, 11) is 0. The van der Waals surface area contributed by atoms with Crippen molar-refractivity contribution in [2.24, 2.45) is 0 Å². The number of nitrogens with one attached hydrogen (secondary N) is 1. The van der Waals surface area contributed by atoms with E-state index in [2.05, 4.69) is 11.4 Å². The Bertz CT molecular complexity index is 436. The fraction of sp³-hybridized carbons (Fsp3) is 0.385. The fourth-order valence-corrected chi connectivity index (χ4v) is 1.61. The van der Waals surface area contributed by atoms with Gasteiger partial charge in [0.15, 0.2) is 0 Å². The van der Waals surface area contributed by atoms with E-state index in [0.29, 0.717) is 18.5 Å². The van der Waals surface area contributed by atoms with Crippen molar-refractivity contribution in [2.45, 2.75) is 26.2 Å². The monoisotopic (exact) mass is 232 g/mol. The maximum absolute atomic E-state index is 10.3. The van der Waals surface area contributed by atoms with Gasteiger partial charge in [0.05, 0.1) is 11.3 Å². The highest BCUT2D eigenvalue weighted by Gasteiger charge is 2.04. The Balaban J connectivity index is 2.47. The molecule has 4 nitrogen and oxygen atoms in total. The van der Waals surface area contributed by atoms with Crippen LogP contribution in [-0.2, 0) is 4.79 Å². The molecule has 1 rings (SSSR count). The number of unbranched alkanes of at least 4 members (excludes halogenated alkanes) is 1. The molecule has 0 aliphatic rings. The lowest BCUT2D eigenvalue weighted by atomic mass is 10.1. The Hall–Kier alpha value is -2.02. The topological polar surface area (TPSA) is 73.1 Å². The predicted octanol–water partition coefficient (Wildman–Crippen LogP) is 2.53. The number of nitriles is 1. The molecule has 0 aliphatic heterocycles. The van der Waals surface area contributed by atoms with E-state index in [-0.39, 0.29) is 6.42 Å². The van der Waals surface area contributed by atoms with Gasteiger partial charge in [-0.25, -0.2) is 0 Å². The summed E-state index contributed by atoms with van der Waals surface area (Å²) in [6.45, 7) is 2.63. The zero-order chi connectivity index (χ0) is 12.7. The molecular formula is C13H16N2O2. The van der Waals surface area contributed by atoms with Crippen LogP contribution >= 0.6 is 0 Å². The number of anilines is 1. The summed E-state index contributed by atoms with van der Waals surface area (Å²) in [6, 6.07) is 7.70. The van der Waals surface area contributed by atoms with E-state index in [1.807, 2.05) is 19.1 Å². The van der Waals surface area contributed by atoms with Crippen LogP contribution in [-0.4, -0.2) is 17.6 Å². The number of carboxylic acid groups (broad SMARTS) is 1. The van der Waals surface area contributed by atoms with Crippen LogP contribution in [0.3, 0.4) is 0 Å². The minimum atomic E-state index is -0.765. The zero-order valence-electron chi connectivity index (χ0n) is 9.86. The van der Waals surface area contributed by atoms with Gasteiger partial charge < -0.3 is 10.4 Å². The molecule has 0 unspecified atom stereocenters. The van der Waals surface area contributed by atoms with E-state index in [0.717, 1.165) is 17.7 Å². The first kappa shape index (κ1) is 13.0. The molecule has 0 radical (unpaired) electrons. The lowest BCUT2D eigenvalue weighted by molar-refractivity contribution is -0.137. The molecule has 1 aromatic carbocycles. The van der Waals surface area contributed by atoms with Crippen LogP contribution in [0.2, 0.25) is 0 Å². The van der Waals surface area contributed by atoms with E-state index in [1.165, 1.54) is 0 Å². The molecule has 0 spiro atoms. The maximum atomic E-state index is 10.3. The van der Waals surface area contributed by atoms with Gasteiger partial charge in [-0.1, -0.05) is 12.1 Å². The van der Waals surface area contributed by atoms with Crippen LogP contribution in [0.4, 0.5) is 5.69 Å². The molecule has 0 heterocycles. The van der Waals surface area contributed by atoms with Crippen LogP contribution in [0, 0.1) is 18.3 Å². The van der Waals surface area contributed by atoms with Gasteiger partial charge >= 0.3 is 5.97 Å². The summed E-state index contributed by atoms with van der Waals surface area (Å²) in [5.41, 5.74) is 2.51. The quantitative estimate of drug-likeness (QED) is 0.739. The fourth-order valence-electron chi connectivity index (χ4n) is 1.61. The zero-order valence-corrected chi connectivity index (χ0v) is 9.86. The third-order valence-corrected chi connectivity index (χ3v) is 2.51. The summed E-state index contributed by atoms with van der Waals surface area (Å²) in [4.78, 5) is 10.3. The smallest absolute Gasteiger partial charge is 0.303 e. The predicted molar refractivity (Wildman–Crippen MR) is 65.9 cm³/mol. The highest BCUT2D eigenvalue weighted by molar-refractivity contribution is 5.66. The van der Waals surface area contributed by atoms with E-state index >= 15 is 0 Å². The summed E-state index contributed by atoms with van der Waals surface area (Å²) >= 11 is 0. The van der Waals surface area contributed by atoms with E-state index in [9.17, 15) is 4.79 Å². The first-order valence-electron chi connectivity index (χ1n) is 5.60. The first-order chi connectivity index (χ1) is 8.15. The second-order valence-corrected chi connectivity index (χ2v) is 3.89. The van der Waals surface area contributed by atoms with Crippen molar-refractivity contribution < 1.29 is 9.90 Å². The van der Waals surface area contributed by atoms with Gasteiger partial charge in [-0.2, -0.15) is 5.26 Å². The van der Waals surface area contributed by atoms with E-state index in [1.54, 1.807) is 6.07 Å². The third-order valence-electron chi connectivity index (χ3n) is 2.51. The molecular weight excluding hydrogens is 216 g/mol. The van der Waals surface area contributed by atoms with Crippen molar-refractivity contribution >= 4 is 11.7 Å². The van der Waals surface area contributed by atoms with Crippen LogP contribution in [0.5, 0.6) is 0 Å². The van der Waals surface area contributed by atoms with Gasteiger partial charge in [-0.05, 0) is 31.4 Å². The third kappa shape index (κ3) is 4.15. The average molecular weight is 232 g/mol. The van der Waals surface area contributed by atoms with Crippen molar-refractivity contribution in [1.29, 1.82) is 5.26 Å². The number of carboxylic acids is 1. The molecule has 90 valence electrons. The van der Waals surface area contributed by atoms with Crippen LogP contribution < -0.4 is 5.32 Å². The second-order valence-electron chi connectivity index (χ2n) is 3.89. The molecule has 0 bridgehead atoms. The number of rotatable bonds is 6. The Labute approximate surface area is 101 Å². The number of para-hydroxylation sites is 1. The highest BCUT2D eigenvalue weighted by atomic mass is 16.4. The number of benzene rings is 1. The minimum absolute atomic E-state index is 0.195. The number of aryl methyl sites for hydroxylation is 1. The Kier molecular flexibility index (Phi) is 5.02. The number of carbonyl (C=O) groups is 1.